The Morgan fingerprint density at radius 1 is 1.11 bits per heavy atom. The molecule has 2 aromatic rings. The molecule has 0 spiro atoms. The number of anilines is 1. The lowest BCUT2D eigenvalue weighted by atomic mass is 9.71. The average Bonchev–Trinajstić information content (AvgIpc) is 2.82. The lowest BCUT2D eigenvalue weighted by Crippen LogP contribution is -2.61. The molecule has 0 bridgehead atoms. The Morgan fingerprint density at radius 3 is 2.60 bits per heavy atom. The Hall–Kier alpha value is -1.70. The number of benzene rings is 1. The zero-order chi connectivity index (χ0) is 24.6. The first-order valence-corrected chi connectivity index (χ1v) is 13.4. The van der Waals surface area contributed by atoms with E-state index < -0.39 is 0 Å². The summed E-state index contributed by atoms with van der Waals surface area (Å²) in [5, 5.41) is 10.9. The number of rotatable bonds is 6. The van der Waals surface area contributed by atoms with Gasteiger partial charge in [0.25, 0.3) is 0 Å². The van der Waals surface area contributed by atoms with Crippen molar-refractivity contribution in [2.45, 2.75) is 56.6 Å². The van der Waals surface area contributed by atoms with Crippen LogP contribution in [0.1, 0.15) is 43.4 Å². The number of pyridine rings is 1. The van der Waals surface area contributed by atoms with E-state index in [-0.39, 0.29) is 17.4 Å². The quantitative estimate of drug-likeness (QED) is 0.620. The van der Waals surface area contributed by atoms with Crippen LogP contribution in [0.2, 0.25) is 10.0 Å². The molecule has 3 aliphatic rings. The number of hydrogen-bond donors (Lipinski definition) is 1. The van der Waals surface area contributed by atoms with Crippen molar-refractivity contribution in [2.75, 3.05) is 44.2 Å². The number of carbonyl (C=O) groups excluding carboxylic acids is 1. The first-order chi connectivity index (χ1) is 16.8. The molecule has 6 nitrogen and oxygen atoms in total. The Morgan fingerprint density at radius 2 is 1.89 bits per heavy atom. The number of halogens is 2. The Kier molecular flexibility index (Phi) is 7.38. The smallest absolute Gasteiger partial charge is 0.228 e. The van der Waals surface area contributed by atoms with Crippen molar-refractivity contribution in [3.05, 3.63) is 57.7 Å². The molecule has 1 aromatic carbocycles. The average molecular weight is 518 g/mol. The molecule has 5 rings (SSSR count). The molecule has 3 saturated heterocycles. The number of carbonyl (C=O) groups is 1. The molecular weight excluding hydrogens is 483 g/mol. The van der Waals surface area contributed by atoms with Gasteiger partial charge in [0.2, 0.25) is 5.91 Å². The molecule has 1 N–H and O–H groups in total. The van der Waals surface area contributed by atoms with E-state index >= 15 is 0 Å². The molecule has 3 aliphatic heterocycles. The third-order valence-corrected chi connectivity index (χ3v) is 8.86. The lowest BCUT2D eigenvalue weighted by molar-refractivity contribution is -0.120. The second kappa shape index (κ2) is 10.3. The van der Waals surface area contributed by atoms with Gasteiger partial charge in [-0.25, -0.2) is 4.98 Å². The van der Waals surface area contributed by atoms with Crippen molar-refractivity contribution >= 4 is 34.9 Å². The van der Waals surface area contributed by atoms with Gasteiger partial charge < -0.3 is 10.0 Å². The van der Waals surface area contributed by atoms with Crippen LogP contribution in [0.3, 0.4) is 0 Å². The summed E-state index contributed by atoms with van der Waals surface area (Å²) in [5.74, 6) is 0.838. The number of aliphatic hydroxyl groups is 1. The van der Waals surface area contributed by atoms with Crippen molar-refractivity contribution in [3.8, 4) is 0 Å². The third kappa shape index (κ3) is 5.37. The maximum atomic E-state index is 13.0. The zero-order valence-corrected chi connectivity index (χ0v) is 21.8. The molecule has 188 valence electrons. The fourth-order valence-electron chi connectivity index (χ4n) is 5.83. The first-order valence-electron chi connectivity index (χ1n) is 12.7. The zero-order valence-electron chi connectivity index (χ0n) is 20.3. The highest BCUT2D eigenvalue weighted by molar-refractivity contribution is 6.42. The number of aromatic nitrogens is 1. The van der Waals surface area contributed by atoms with Gasteiger partial charge in [-0.3, -0.25) is 14.6 Å². The van der Waals surface area contributed by atoms with Gasteiger partial charge in [-0.2, -0.15) is 0 Å². The summed E-state index contributed by atoms with van der Waals surface area (Å²) in [6.07, 6.45) is 3.84. The van der Waals surface area contributed by atoms with Gasteiger partial charge in [-0.05, 0) is 69.0 Å². The highest BCUT2D eigenvalue weighted by atomic mass is 35.5. The summed E-state index contributed by atoms with van der Waals surface area (Å²) in [7, 11) is 0. The number of hydrogen-bond acceptors (Lipinski definition) is 5. The maximum absolute atomic E-state index is 13.0. The van der Waals surface area contributed by atoms with Gasteiger partial charge in [0.15, 0.2) is 0 Å². The van der Waals surface area contributed by atoms with Gasteiger partial charge in [0.1, 0.15) is 5.82 Å². The van der Waals surface area contributed by atoms with Crippen molar-refractivity contribution in [1.82, 2.24) is 14.8 Å². The third-order valence-electron chi connectivity index (χ3n) is 8.12. The molecule has 1 amide bonds. The number of nitrogens with zero attached hydrogens (tertiary/aromatic N) is 4. The van der Waals surface area contributed by atoms with Crippen LogP contribution in [0.25, 0.3) is 0 Å². The van der Waals surface area contributed by atoms with Crippen LogP contribution in [-0.2, 0) is 10.2 Å². The fourth-order valence-corrected chi connectivity index (χ4v) is 6.13. The largest absolute Gasteiger partial charge is 0.393 e. The highest BCUT2D eigenvalue weighted by Gasteiger charge is 2.42. The van der Waals surface area contributed by atoms with Crippen LogP contribution in [0, 0.1) is 6.92 Å². The van der Waals surface area contributed by atoms with Crippen LogP contribution in [0.15, 0.2) is 36.4 Å². The molecule has 8 heteroatoms. The number of likely N-dealkylation sites (tertiary alicyclic amines) is 2. The summed E-state index contributed by atoms with van der Waals surface area (Å²) < 4.78 is 0. The van der Waals surface area contributed by atoms with Gasteiger partial charge in [-0.15, -0.1) is 0 Å². The van der Waals surface area contributed by atoms with Crippen LogP contribution in [0.5, 0.6) is 0 Å². The molecule has 1 aromatic heterocycles. The summed E-state index contributed by atoms with van der Waals surface area (Å²) in [6.45, 7) is 7.62. The SMILES string of the molecule is Cc1cccc(N2C[C@@](CCN3CC(N4CCC(O)CC4)C3)(c3ccc(Cl)c(Cl)c3)CCC2=O)n1. The van der Waals surface area contributed by atoms with Crippen molar-refractivity contribution < 1.29 is 9.90 Å². The van der Waals surface area contributed by atoms with E-state index in [1.807, 2.05) is 42.2 Å². The number of aryl methyl sites for hydroxylation is 1. The lowest BCUT2D eigenvalue weighted by Gasteiger charge is -2.49. The molecule has 0 aliphatic carbocycles. The van der Waals surface area contributed by atoms with E-state index in [2.05, 4.69) is 20.9 Å². The summed E-state index contributed by atoms with van der Waals surface area (Å²) >= 11 is 12.7. The molecular formula is C27H34Cl2N4O2. The monoisotopic (exact) mass is 516 g/mol. The van der Waals surface area contributed by atoms with Crippen LogP contribution >= 0.6 is 23.2 Å². The van der Waals surface area contributed by atoms with E-state index in [0.29, 0.717) is 29.1 Å². The minimum atomic E-state index is -0.214. The Labute approximate surface area is 217 Å². The normalized spacial score (nSPS) is 25.1. The van der Waals surface area contributed by atoms with E-state index in [1.54, 1.807) is 0 Å². The van der Waals surface area contributed by atoms with Crippen LogP contribution in [0.4, 0.5) is 5.82 Å². The molecule has 0 saturated carbocycles. The van der Waals surface area contributed by atoms with Crippen molar-refractivity contribution in [3.63, 3.8) is 0 Å². The predicted octanol–water partition coefficient (Wildman–Crippen LogP) is 4.29. The van der Waals surface area contributed by atoms with Gasteiger partial charge in [-0.1, -0.05) is 35.3 Å². The summed E-state index contributed by atoms with van der Waals surface area (Å²) in [5.41, 5.74) is 1.82. The maximum Gasteiger partial charge on any atom is 0.228 e. The summed E-state index contributed by atoms with van der Waals surface area (Å²) in [4.78, 5) is 24.6. The topological polar surface area (TPSA) is 59.9 Å². The second-order valence-corrected chi connectivity index (χ2v) is 11.3. The van der Waals surface area contributed by atoms with Crippen molar-refractivity contribution in [2.24, 2.45) is 0 Å². The fraction of sp³-hybridized carbons (Fsp3) is 0.556. The molecule has 4 heterocycles. The molecule has 1 atom stereocenters. The van der Waals surface area contributed by atoms with Gasteiger partial charge >= 0.3 is 0 Å². The summed E-state index contributed by atoms with van der Waals surface area (Å²) in [6, 6.07) is 12.4. The molecule has 3 fully saturated rings. The van der Waals surface area contributed by atoms with Crippen LogP contribution in [-0.4, -0.2) is 77.2 Å². The Bertz CT molecular complexity index is 1070. The molecule has 0 radical (unpaired) electrons. The van der Waals surface area contributed by atoms with E-state index in [0.717, 1.165) is 75.5 Å². The van der Waals surface area contributed by atoms with Gasteiger partial charge in [0.05, 0.1) is 16.1 Å². The van der Waals surface area contributed by atoms with Gasteiger partial charge in [0, 0.05) is 56.3 Å². The number of piperidine rings is 2. The Balaban J connectivity index is 1.33. The molecule has 0 unspecified atom stereocenters. The van der Waals surface area contributed by atoms with Crippen LogP contribution < -0.4 is 4.90 Å². The minimum Gasteiger partial charge on any atom is -0.393 e. The molecule has 35 heavy (non-hydrogen) atoms. The predicted molar refractivity (Wildman–Crippen MR) is 140 cm³/mol. The second-order valence-electron chi connectivity index (χ2n) is 10.5. The highest BCUT2D eigenvalue weighted by Crippen LogP contribution is 2.41. The minimum absolute atomic E-state index is 0.120. The van der Waals surface area contributed by atoms with Crippen molar-refractivity contribution in [1.29, 1.82) is 0 Å². The standard InChI is InChI=1S/C27H34Cl2N4O2/c1-19-3-2-4-25(30-19)33-18-27(10-7-26(33)35,20-5-6-23(28)24(29)15-20)11-14-31-16-21(17-31)32-12-8-22(34)9-13-32/h2-6,15,21-22,34H,7-14,16-18H2,1H3/t27-/m1/s1. The van der Waals surface area contributed by atoms with E-state index in [4.69, 9.17) is 23.2 Å². The van der Waals surface area contributed by atoms with E-state index in [9.17, 15) is 9.90 Å². The first kappa shape index (κ1) is 25.0. The van der Waals surface area contributed by atoms with E-state index in [1.165, 1.54) is 0 Å². The number of amides is 1. The number of aliphatic hydroxyl groups excluding tert-OH is 1.